The van der Waals surface area contributed by atoms with E-state index in [4.69, 9.17) is 0 Å². The van der Waals surface area contributed by atoms with Gasteiger partial charge in [-0.15, -0.1) is 0 Å². The van der Waals surface area contributed by atoms with E-state index in [0.717, 1.165) is 13.0 Å². The molecule has 0 amide bonds. The maximum atomic E-state index is 3.88. The summed E-state index contributed by atoms with van der Waals surface area (Å²) in [5, 5.41) is 2.97. The van der Waals surface area contributed by atoms with Crippen LogP contribution in [-0.4, -0.2) is 16.5 Å². The van der Waals surface area contributed by atoms with Gasteiger partial charge in [0.05, 0.1) is 6.33 Å². The van der Waals surface area contributed by atoms with Gasteiger partial charge in [0.15, 0.2) is 0 Å². The minimum atomic E-state index is 0.965. The van der Waals surface area contributed by atoms with Crippen LogP contribution < -0.4 is 5.09 Å². The van der Waals surface area contributed by atoms with Crippen molar-refractivity contribution in [1.82, 2.24) is 15.1 Å². The second-order valence-corrected chi connectivity index (χ2v) is 2.19. The fraction of sp³-hybridized carbons (Fsp3) is 0.400. The van der Waals surface area contributed by atoms with Crippen LogP contribution in [0.15, 0.2) is 12.5 Å². The Morgan fingerprint density at radius 2 is 2.67 bits per heavy atom. The van der Waals surface area contributed by atoms with E-state index in [1.807, 2.05) is 6.20 Å². The summed E-state index contributed by atoms with van der Waals surface area (Å²) in [6, 6.07) is 0. The lowest BCUT2D eigenvalue weighted by atomic mass is 10.3. The summed E-state index contributed by atoms with van der Waals surface area (Å²) >= 11 is 0. The molecular formula is C5H10N3P. The van der Waals surface area contributed by atoms with E-state index in [2.05, 4.69) is 24.4 Å². The SMILES string of the molecule is PNCCc1cnc[nH]1. The molecule has 0 saturated heterocycles. The van der Waals surface area contributed by atoms with E-state index in [-0.39, 0.29) is 0 Å². The highest BCUT2D eigenvalue weighted by atomic mass is 31.0. The highest BCUT2D eigenvalue weighted by molar-refractivity contribution is 7.13. The van der Waals surface area contributed by atoms with Crippen LogP contribution in [0.25, 0.3) is 0 Å². The van der Waals surface area contributed by atoms with Gasteiger partial charge in [0.1, 0.15) is 0 Å². The number of H-pyrrole nitrogens is 1. The van der Waals surface area contributed by atoms with Crippen LogP contribution in [-0.2, 0) is 6.42 Å². The van der Waals surface area contributed by atoms with Gasteiger partial charge in [0.25, 0.3) is 0 Å². The first-order valence-electron chi connectivity index (χ1n) is 2.84. The van der Waals surface area contributed by atoms with Gasteiger partial charge in [-0.25, -0.2) is 4.98 Å². The molecular weight excluding hydrogens is 133 g/mol. The molecule has 0 radical (unpaired) electrons. The predicted octanol–water partition coefficient (Wildman–Crippen LogP) is 0.332. The number of rotatable bonds is 3. The molecule has 0 aliphatic carbocycles. The highest BCUT2D eigenvalue weighted by Crippen LogP contribution is 1.90. The van der Waals surface area contributed by atoms with Crippen molar-refractivity contribution in [3.05, 3.63) is 18.2 Å². The zero-order valence-corrected chi connectivity index (χ0v) is 6.25. The Labute approximate surface area is 56.5 Å². The highest BCUT2D eigenvalue weighted by Gasteiger charge is 1.89. The largest absolute Gasteiger partial charge is 0.348 e. The lowest BCUT2D eigenvalue weighted by Crippen LogP contribution is -2.03. The molecule has 1 unspecified atom stereocenters. The maximum Gasteiger partial charge on any atom is 0.0921 e. The Balaban J connectivity index is 2.30. The molecule has 1 heterocycles. The second kappa shape index (κ2) is 3.59. The number of imidazole rings is 1. The van der Waals surface area contributed by atoms with Gasteiger partial charge in [-0.1, -0.05) is 9.39 Å². The van der Waals surface area contributed by atoms with Gasteiger partial charge in [-0.3, -0.25) is 0 Å². The molecule has 2 N–H and O–H groups in total. The van der Waals surface area contributed by atoms with Crippen molar-refractivity contribution < 1.29 is 0 Å². The van der Waals surface area contributed by atoms with Crippen LogP contribution >= 0.6 is 9.39 Å². The van der Waals surface area contributed by atoms with Crippen molar-refractivity contribution in [2.45, 2.75) is 6.42 Å². The third-order valence-electron chi connectivity index (χ3n) is 1.09. The smallest absolute Gasteiger partial charge is 0.0921 e. The van der Waals surface area contributed by atoms with Crippen LogP contribution in [0.3, 0.4) is 0 Å². The fourth-order valence-electron chi connectivity index (χ4n) is 0.628. The van der Waals surface area contributed by atoms with Crippen molar-refractivity contribution in [2.75, 3.05) is 6.54 Å². The van der Waals surface area contributed by atoms with Crippen molar-refractivity contribution in [2.24, 2.45) is 0 Å². The summed E-state index contributed by atoms with van der Waals surface area (Å²) in [5.41, 5.74) is 1.17. The zero-order valence-electron chi connectivity index (χ0n) is 5.09. The number of nitrogens with zero attached hydrogens (tertiary/aromatic N) is 1. The van der Waals surface area contributed by atoms with Crippen LogP contribution in [0.1, 0.15) is 5.69 Å². The summed E-state index contributed by atoms with van der Waals surface area (Å²) < 4.78 is 0. The lowest BCUT2D eigenvalue weighted by Gasteiger charge is -1.92. The number of aromatic nitrogens is 2. The first-order chi connectivity index (χ1) is 4.43. The molecule has 1 rings (SSSR count). The quantitative estimate of drug-likeness (QED) is 0.599. The van der Waals surface area contributed by atoms with Crippen molar-refractivity contribution >= 4 is 9.39 Å². The van der Waals surface area contributed by atoms with Crippen molar-refractivity contribution in [1.29, 1.82) is 0 Å². The molecule has 1 atom stereocenters. The fourth-order valence-corrected chi connectivity index (χ4v) is 0.773. The van der Waals surface area contributed by atoms with E-state index in [1.165, 1.54) is 5.69 Å². The average Bonchev–Trinajstić information content (AvgIpc) is 2.34. The van der Waals surface area contributed by atoms with Crippen molar-refractivity contribution in [3.63, 3.8) is 0 Å². The number of aromatic amines is 1. The minimum absolute atomic E-state index is 0.965. The number of nitrogens with one attached hydrogen (secondary N) is 2. The molecule has 0 spiro atoms. The van der Waals surface area contributed by atoms with Gasteiger partial charge in [0, 0.05) is 24.9 Å². The Kier molecular flexibility index (Phi) is 2.68. The molecule has 0 fully saturated rings. The Morgan fingerprint density at radius 3 is 3.22 bits per heavy atom. The predicted molar refractivity (Wildman–Crippen MR) is 40.0 cm³/mol. The summed E-state index contributed by atoms with van der Waals surface area (Å²) in [5.74, 6) is 0. The number of hydrogen-bond acceptors (Lipinski definition) is 2. The molecule has 1 aromatic heterocycles. The molecule has 3 nitrogen and oxygen atoms in total. The molecule has 0 aromatic carbocycles. The molecule has 0 bridgehead atoms. The van der Waals surface area contributed by atoms with Gasteiger partial charge >= 0.3 is 0 Å². The first kappa shape index (κ1) is 6.72. The molecule has 1 aromatic rings. The molecule has 50 valence electrons. The third-order valence-corrected chi connectivity index (χ3v) is 1.38. The van der Waals surface area contributed by atoms with Gasteiger partial charge in [0.2, 0.25) is 0 Å². The van der Waals surface area contributed by atoms with E-state index in [9.17, 15) is 0 Å². The van der Waals surface area contributed by atoms with E-state index in [0.29, 0.717) is 0 Å². The molecule has 9 heavy (non-hydrogen) atoms. The Bertz CT molecular complexity index is 149. The van der Waals surface area contributed by atoms with Crippen LogP contribution in [0.2, 0.25) is 0 Å². The van der Waals surface area contributed by atoms with E-state index < -0.39 is 0 Å². The Hall–Kier alpha value is -0.400. The number of hydrogen-bond donors (Lipinski definition) is 2. The minimum Gasteiger partial charge on any atom is -0.348 e. The Morgan fingerprint density at radius 1 is 1.78 bits per heavy atom. The molecule has 0 aliphatic heterocycles. The second-order valence-electron chi connectivity index (χ2n) is 1.78. The zero-order chi connectivity index (χ0) is 6.53. The first-order valence-corrected chi connectivity index (χ1v) is 3.42. The summed E-state index contributed by atoms with van der Waals surface area (Å²) in [4.78, 5) is 6.90. The van der Waals surface area contributed by atoms with Gasteiger partial charge < -0.3 is 10.1 Å². The monoisotopic (exact) mass is 143 g/mol. The summed E-state index contributed by atoms with van der Waals surface area (Å²) in [6.07, 6.45) is 4.53. The third kappa shape index (κ3) is 2.12. The maximum absolute atomic E-state index is 3.88. The van der Waals surface area contributed by atoms with Crippen molar-refractivity contribution in [3.8, 4) is 0 Å². The van der Waals surface area contributed by atoms with E-state index in [1.54, 1.807) is 6.33 Å². The van der Waals surface area contributed by atoms with Crippen LogP contribution in [0.4, 0.5) is 0 Å². The van der Waals surface area contributed by atoms with Crippen LogP contribution in [0.5, 0.6) is 0 Å². The van der Waals surface area contributed by atoms with Crippen LogP contribution in [0, 0.1) is 0 Å². The normalized spacial score (nSPS) is 9.89. The van der Waals surface area contributed by atoms with Gasteiger partial charge in [-0.2, -0.15) is 0 Å². The molecule has 0 saturated carbocycles. The summed E-state index contributed by atoms with van der Waals surface area (Å²) in [6.45, 7) is 0.965. The van der Waals surface area contributed by atoms with E-state index >= 15 is 0 Å². The lowest BCUT2D eigenvalue weighted by molar-refractivity contribution is 0.885. The topological polar surface area (TPSA) is 40.7 Å². The molecule has 0 aliphatic rings. The van der Waals surface area contributed by atoms with Gasteiger partial charge in [-0.05, 0) is 0 Å². The summed E-state index contributed by atoms with van der Waals surface area (Å²) in [7, 11) is 2.46. The standard InChI is InChI=1S/C5H10N3P/c9-8-2-1-5-3-6-4-7-5/h3-4,8H,1-2,9H2,(H,6,7). The average molecular weight is 143 g/mol. The molecule has 4 heteroatoms.